The largest absolute Gasteiger partial charge is 0.329 e. The van der Waals surface area contributed by atoms with Crippen molar-refractivity contribution in [2.45, 2.75) is 17.9 Å². The third-order valence-corrected chi connectivity index (χ3v) is 5.40. The first-order valence-corrected chi connectivity index (χ1v) is 9.42. The molecule has 0 saturated carbocycles. The minimum absolute atomic E-state index is 0.0191. The highest BCUT2D eigenvalue weighted by molar-refractivity contribution is 7.89. The summed E-state index contributed by atoms with van der Waals surface area (Å²) in [6.45, 7) is 1.24. The van der Waals surface area contributed by atoms with Gasteiger partial charge in [0.2, 0.25) is 16.0 Å². The first-order chi connectivity index (χ1) is 12.3. The molecule has 4 rings (SSSR count). The summed E-state index contributed by atoms with van der Waals surface area (Å²) in [5.74, 6) is 0.529. The van der Waals surface area contributed by atoms with E-state index in [0.29, 0.717) is 30.2 Å². The summed E-state index contributed by atoms with van der Waals surface area (Å²) in [4.78, 5) is 32.8. The van der Waals surface area contributed by atoms with Gasteiger partial charge < -0.3 is 9.47 Å². The molecule has 0 aliphatic carbocycles. The zero-order valence-electron chi connectivity index (χ0n) is 13.8. The van der Waals surface area contributed by atoms with Crippen molar-refractivity contribution in [3.05, 3.63) is 45.1 Å². The number of nitrogens with one attached hydrogen (secondary N) is 1. The van der Waals surface area contributed by atoms with E-state index >= 15 is 0 Å². The van der Waals surface area contributed by atoms with E-state index in [1.807, 2.05) is 4.90 Å². The fraction of sp³-hybridized carbons (Fsp3) is 0.267. The molecular weight excluding hydrogens is 360 g/mol. The molecule has 1 aliphatic heterocycles. The Morgan fingerprint density at radius 2 is 1.85 bits per heavy atom. The average Bonchev–Trinajstić information content (AvgIpc) is 2.99. The number of aromatic nitrogens is 4. The zero-order valence-corrected chi connectivity index (χ0v) is 14.7. The number of H-pyrrole nitrogens is 1. The summed E-state index contributed by atoms with van der Waals surface area (Å²) in [5, 5.41) is 5.13. The standard InChI is InChI=1S/C15H16N6O4S/c1-19-12-11(13(22)18-15(19)23)21-8-2-7-20(14(21)17-12)9-3-5-10(6-4-9)26(16,24)25/h3-6H,2,7-8H2,1H3,(H2,16,24,25)(H,18,22,23). The number of rotatable bonds is 2. The van der Waals surface area contributed by atoms with Crippen molar-refractivity contribution < 1.29 is 8.42 Å². The molecule has 10 nitrogen and oxygen atoms in total. The van der Waals surface area contributed by atoms with Gasteiger partial charge in [0.25, 0.3) is 5.56 Å². The van der Waals surface area contributed by atoms with E-state index in [1.165, 1.54) is 16.7 Å². The molecule has 0 saturated heterocycles. The Hall–Kier alpha value is -2.92. The molecule has 0 atom stereocenters. The lowest BCUT2D eigenvalue weighted by Crippen LogP contribution is -2.31. The lowest BCUT2D eigenvalue weighted by Gasteiger charge is -2.29. The third-order valence-electron chi connectivity index (χ3n) is 4.47. The van der Waals surface area contributed by atoms with Crippen molar-refractivity contribution in [3.8, 4) is 0 Å². The number of nitrogens with zero attached hydrogens (tertiary/aromatic N) is 4. The van der Waals surface area contributed by atoms with Crippen molar-refractivity contribution in [3.63, 3.8) is 0 Å². The van der Waals surface area contributed by atoms with Crippen LogP contribution in [0.3, 0.4) is 0 Å². The van der Waals surface area contributed by atoms with E-state index in [1.54, 1.807) is 23.7 Å². The Bertz CT molecular complexity index is 1240. The van der Waals surface area contributed by atoms with Gasteiger partial charge in [0, 0.05) is 25.8 Å². The van der Waals surface area contributed by atoms with Crippen LogP contribution in [0, 0.1) is 0 Å². The minimum atomic E-state index is -3.77. The van der Waals surface area contributed by atoms with Crippen molar-refractivity contribution in [2.75, 3.05) is 11.4 Å². The highest BCUT2D eigenvalue weighted by Gasteiger charge is 2.25. The zero-order chi connectivity index (χ0) is 18.6. The van der Waals surface area contributed by atoms with Gasteiger partial charge in [-0.3, -0.25) is 14.3 Å². The van der Waals surface area contributed by atoms with Gasteiger partial charge in [-0.1, -0.05) is 0 Å². The summed E-state index contributed by atoms with van der Waals surface area (Å²) < 4.78 is 25.9. The molecule has 1 aliphatic rings. The molecule has 0 fully saturated rings. The number of sulfonamides is 1. The highest BCUT2D eigenvalue weighted by Crippen LogP contribution is 2.31. The fourth-order valence-corrected chi connectivity index (χ4v) is 3.70. The molecule has 3 aromatic rings. The summed E-state index contributed by atoms with van der Waals surface area (Å²) in [6, 6.07) is 6.12. The first kappa shape index (κ1) is 16.5. The fourth-order valence-electron chi connectivity index (χ4n) is 3.19. The van der Waals surface area contributed by atoms with Crippen LogP contribution in [0.4, 0.5) is 11.6 Å². The minimum Gasteiger partial charge on any atom is -0.312 e. The molecule has 3 N–H and O–H groups in total. The number of primary sulfonamides is 1. The first-order valence-electron chi connectivity index (χ1n) is 7.87. The molecule has 0 bridgehead atoms. The second kappa shape index (κ2) is 5.54. The van der Waals surface area contributed by atoms with Gasteiger partial charge in [-0.15, -0.1) is 0 Å². The molecule has 3 heterocycles. The van der Waals surface area contributed by atoms with Gasteiger partial charge in [-0.25, -0.2) is 18.4 Å². The number of benzene rings is 1. The van der Waals surface area contributed by atoms with Crippen molar-refractivity contribution >= 4 is 32.8 Å². The SMILES string of the molecule is Cn1c(=O)[nH]c(=O)c2c1nc1n2CCCN1c1ccc(S(N)(=O)=O)cc1. The Labute approximate surface area is 147 Å². The number of aryl methyl sites for hydroxylation is 2. The van der Waals surface area contributed by atoms with Gasteiger partial charge in [0.15, 0.2) is 11.2 Å². The van der Waals surface area contributed by atoms with E-state index in [-0.39, 0.29) is 4.90 Å². The van der Waals surface area contributed by atoms with E-state index in [2.05, 4.69) is 9.97 Å². The molecule has 0 unspecified atom stereocenters. The summed E-state index contributed by atoms with van der Waals surface area (Å²) >= 11 is 0. The van der Waals surface area contributed by atoms with Gasteiger partial charge in [-0.05, 0) is 30.7 Å². The maximum Gasteiger partial charge on any atom is 0.329 e. The number of hydrogen-bond donors (Lipinski definition) is 2. The van der Waals surface area contributed by atoms with Crippen LogP contribution in [0.15, 0.2) is 38.8 Å². The molecule has 0 spiro atoms. The topological polar surface area (TPSA) is 136 Å². The molecule has 11 heteroatoms. The molecular formula is C15H16N6O4S. The van der Waals surface area contributed by atoms with E-state index in [0.717, 1.165) is 12.1 Å². The van der Waals surface area contributed by atoms with Crippen LogP contribution in [0.1, 0.15) is 6.42 Å². The Kier molecular flexibility index (Phi) is 3.53. The number of nitrogens with two attached hydrogens (primary N) is 1. The van der Waals surface area contributed by atoms with Crippen LogP contribution >= 0.6 is 0 Å². The quantitative estimate of drug-likeness (QED) is 0.625. The molecule has 26 heavy (non-hydrogen) atoms. The Balaban J connectivity index is 1.90. The van der Waals surface area contributed by atoms with E-state index < -0.39 is 21.3 Å². The molecule has 2 aromatic heterocycles. The smallest absolute Gasteiger partial charge is 0.312 e. The second-order valence-corrected chi connectivity index (χ2v) is 7.66. The predicted octanol–water partition coefficient (Wildman–Crippen LogP) is -0.387. The average molecular weight is 376 g/mol. The van der Waals surface area contributed by atoms with Gasteiger partial charge >= 0.3 is 5.69 Å². The van der Waals surface area contributed by atoms with Crippen LogP contribution < -0.4 is 21.3 Å². The van der Waals surface area contributed by atoms with Crippen LogP contribution in [-0.2, 0) is 23.6 Å². The van der Waals surface area contributed by atoms with Crippen LogP contribution in [0.2, 0.25) is 0 Å². The maximum absolute atomic E-state index is 12.3. The summed E-state index contributed by atoms with van der Waals surface area (Å²) in [7, 11) is -2.22. The van der Waals surface area contributed by atoms with Crippen molar-refractivity contribution in [1.29, 1.82) is 0 Å². The van der Waals surface area contributed by atoms with Gasteiger partial charge in [-0.2, -0.15) is 4.98 Å². The van der Waals surface area contributed by atoms with Crippen LogP contribution in [-0.4, -0.2) is 34.1 Å². The second-order valence-electron chi connectivity index (χ2n) is 6.10. The van der Waals surface area contributed by atoms with Gasteiger partial charge in [0.05, 0.1) is 4.90 Å². The van der Waals surface area contributed by atoms with E-state index in [9.17, 15) is 18.0 Å². The number of fused-ring (bicyclic) bond motifs is 3. The molecule has 1 aromatic carbocycles. The van der Waals surface area contributed by atoms with E-state index in [4.69, 9.17) is 5.14 Å². The number of imidazole rings is 1. The monoisotopic (exact) mass is 376 g/mol. The molecule has 136 valence electrons. The normalized spacial score (nSPS) is 14.6. The lowest BCUT2D eigenvalue weighted by molar-refractivity contribution is 0.597. The summed E-state index contributed by atoms with van der Waals surface area (Å²) in [5.41, 5.74) is 0.361. The van der Waals surface area contributed by atoms with Crippen LogP contribution in [0.5, 0.6) is 0 Å². The summed E-state index contributed by atoms with van der Waals surface area (Å²) in [6.07, 6.45) is 0.762. The van der Waals surface area contributed by atoms with Crippen molar-refractivity contribution in [1.82, 2.24) is 19.1 Å². The molecule has 0 radical (unpaired) electrons. The van der Waals surface area contributed by atoms with Crippen molar-refractivity contribution in [2.24, 2.45) is 12.2 Å². The maximum atomic E-state index is 12.3. The highest BCUT2D eigenvalue weighted by atomic mass is 32.2. The lowest BCUT2D eigenvalue weighted by atomic mass is 10.2. The van der Waals surface area contributed by atoms with Gasteiger partial charge in [0.1, 0.15) is 0 Å². The number of hydrogen-bond acceptors (Lipinski definition) is 6. The third kappa shape index (κ3) is 2.44. The number of anilines is 2. The Morgan fingerprint density at radius 3 is 2.50 bits per heavy atom. The van der Waals surface area contributed by atoms with Crippen LogP contribution in [0.25, 0.3) is 11.2 Å². The Morgan fingerprint density at radius 1 is 1.15 bits per heavy atom. The predicted molar refractivity (Wildman–Crippen MR) is 95.0 cm³/mol. The number of aromatic amines is 1. The molecule has 0 amide bonds.